The highest BCUT2D eigenvalue weighted by Crippen LogP contribution is 2.24. The van der Waals surface area contributed by atoms with E-state index >= 15 is 0 Å². The Labute approximate surface area is 120 Å². The predicted molar refractivity (Wildman–Crippen MR) is 82.1 cm³/mol. The van der Waals surface area contributed by atoms with E-state index in [2.05, 4.69) is 24.9 Å². The lowest BCUT2D eigenvalue weighted by molar-refractivity contribution is 0.457. The molecule has 2 aromatic rings. The second-order valence-electron chi connectivity index (χ2n) is 4.94. The van der Waals surface area contributed by atoms with Crippen LogP contribution < -0.4 is 10.5 Å². The van der Waals surface area contributed by atoms with Gasteiger partial charge in [0.15, 0.2) is 0 Å². The molecule has 1 aromatic heterocycles. The van der Waals surface area contributed by atoms with Crippen LogP contribution >= 0.6 is 0 Å². The molecule has 20 heavy (non-hydrogen) atoms. The number of aryl methyl sites for hydroxylation is 1. The van der Waals surface area contributed by atoms with Crippen LogP contribution in [0.1, 0.15) is 31.4 Å². The Kier molecular flexibility index (Phi) is 5.13. The Morgan fingerprint density at radius 3 is 2.60 bits per heavy atom. The van der Waals surface area contributed by atoms with Crippen molar-refractivity contribution in [2.24, 2.45) is 5.73 Å². The van der Waals surface area contributed by atoms with Crippen molar-refractivity contribution in [3.63, 3.8) is 0 Å². The van der Waals surface area contributed by atoms with Crippen LogP contribution in [0, 0.1) is 0 Å². The highest BCUT2D eigenvalue weighted by molar-refractivity contribution is 5.36. The summed E-state index contributed by atoms with van der Waals surface area (Å²) in [5.74, 6) is 1.50. The molecule has 2 N–H and O–H groups in total. The zero-order valence-electron chi connectivity index (χ0n) is 12.2. The van der Waals surface area contributed by atoms with Crippen molar-refractivity contribution in [2.75, 3.05) is 0 Å². The van der Waals surface area contributed by atoms with Crippen molar-refractivity contribution in [2.45, 2.75) is 39.2 Å². The van der Waals surface area contributed by atoms with Gasteiger partial charge >= 0.3 is 0 Å². The molecule has 0 radical (unpaired) electrons. The minimum Gasteiger partial charge on any atom is -0.439 e. The van der Waals surface area contributed by atoms with Crippen molar-refractivity contribution in [1.82, 2.24) is 4.98 Å². The standard InChI is InChI=1S/C17H22N2O/c1-3-14-7-5-6-8-16(14)20-17-10-9-13(12-19-17)11-15(18)4-2/h5-10,12,15H,3-4,11,18H2,1-2H3. The van der Waals surface area contributed by atoms with Gasteiger partial charge in [0.2, 0.25) is 5.88 Å². The van der Waals surface area contributed by atoms with Gasteiger partial charge in [0.25, 0.3) is 0 Å². The van der Waals surface area contributed by atoms with Gasteiger partial charge in [-0.2, -0.15) is 0 Å². The Bertz CT molecular complexity index is 537. The molecule has 0 bridgehead atoms. The number of aromatic nitrogens is 1. The van der Waals surface area contributed by atoms with Gasteiger partial charge in [-0.3, -0.25) is 0 Å². The highest BCUT2D eigenvalue weighted by atomic mass is 16.5. The largest absolute Gasteiger partial charge is 0.439 e. The van der Waals surface area contributed by atoms with Crippen LogP contribution in [0.5, 0.6) is 11.6 Å². The van der Waals surface area contributed by atoms with Gasteiger partial charge in [0.1, 0.15) is 5.75 Å². The van der Waals surface area contributed by atoms with Crippen molar-refractivity contribution in [3.05, 3.63) is 53.7 Å². The lowest BCUT2D eigenvalue weighted by atomic mass is 10.1. The fraction of sp³-hybridized carbons (Fsp3) is 0.353. The summed E-state index contributed by atoms with van der Waals surface area (Å²) in [5, 5.41) is 0. The quantitative estimate of drug-likeness (QED) is 0.870. The Hall–Kier alpha value is -1.87. The van der Waals surface area contributed by atoms with E-state index in [1.54, 1.807) is 0 Å². The number of para-hydroxylation sites is 1. The Balaban J connectivity index is 2.07. The summed E-state index contributed by atoms with van der Waals surface area (Å²) >= 11 is 0. The molecule has 0 aliphatic rings. The summed E-state index contributed by atoms with van der Waals surface area (Å²) in [5.41, 5.74) is 8.28. The Morgan fingerprint density at radius 2 is 1.95 bits per heavy atom. The minimum absolute atomic E-state index is 0.199. The van der Waals surface area contributed by atoms with E-state index in [0.717, 1.165) is 30.6 Å². The van der Waals surface area contributed by atoms with Crippen molar-refractivity contribution in [3.8, 4) is 11.6 Å². The SMILES string of the molecule is CCc1ccccc1Oc1ccc(CC(N)CC)cn1. The third kappa shape index (κ3) is 3.81. The van der Waals surface area contributed by atoms with Gasteiger partial charge in [0.05, 0.1) is 0 Å². The van der Waals surface area contributed by atoms with E-state index in [9.17, 15) is 0 Å². The predicted octanol–water partition coefficient (Wildman–Crippen LogP) is 3.72. The monoisotopic (exact) mass is 270 g/mol. The molecule has 1 aromatic carbocycles. The number of hydrogen-bond donors (Lipinski definition) is 1. The van der Waals surface area contributed by atoms with E-state index in [1.807, 2.05) is 36.5 Å². The van der Waals surface area contributed by atoms with Gasteiger partial charge < -0.3 is 10.5 Å². The second-order valence-corrected chi connectivity index (χ2v) is 4.94. The molecular weight excluding hydrogens is 248 g/mol. The maximum Gasteiger partial charge on any atom is 0.219 e. The first-order valence-electron chi connectivity index (χ1n) is 7.19. The van der Waals surface area contributed by atoms with Crippen LogP contribution in [0.4, 0.5) is 0 Å². The summed E-state index contributed by atoms with van der Waals surface area (Å²) in [6.07, 6.45) is 4.62. The molecule has 0 saturated heterocycles. The average Bonchev–Trinajstić information content (AvgIpc) is 2.49. The topological polar surface area (TPSA) is 48.1 Å². The lowest BCUT2D eigenvalue weighted by Crippen LogP contribution is -2.21. The third-order valence-corrected chi connectivity index (χ3v) is 3.39. The molecule has 106 valence electrons. The molecule has 1 unspecified atom stereocenters. The minimum atomic E-state index is 0.199. The van der Waals surface area contributed by atoms with Crippen LogP contribution in [0.25, 0.3) is 0 Å². The molecule has 0 saturated carbocycles. The highest BCUT2D eigenvalue weighted by Gasteiger charge is 2.05. The molecule has 0 amide bonds. The summed E-state index contributed by atoms with van der Waals surface area (Å²) in [4.78, 5) is 4.36. The lowest BCUT2D eigenvalue weighted by Gasteiger charge is -2.11. The average molecular weight is 270 g/mol. The molecule has 0 fully saturated rings. The summed E-state index contributed by atoms with van der Waals surface area (Å²) in [7, 11) is 0. The first kappa shape index (κ1) is 14.5. The van der Waals surface area contributed by atoms with Crippen LogP contribution in [-0.4, -0.2) is 11.0 Å². The third-order valence-electron chi connectivity index (χ3n) is 3.39. The van der Waals surface area contributed by atoms with E-state index in [1.165, 1.54) is 5.56 Å². The molecule has 0 aliphatic heterocycles. The number of rotatable bonds is 6. The maximum absolute atomic E-state index is 5.95. The second kappa shape index (κ2) is 7.06. The van der Waals surface area contributed by atoms with Crippen molar-refractivity contribution in [1.29, 1.82) is 0 Å². The Morgan fingerprint density at radius 1 is 1.15 bits per heavy atom. The first-order chi connectivity index (χ1) is 9.72. The maximum atomic E-state index is 5.95. The van der Waals surface area contributed by atoms with Crippen LogP contribution in [-0.2, 0) is 12.8 Å². The molecule has 1 heterocycles. The van der Waals surface area contributed by atoms with Crippen molar-refractivity contribution < 1.29 is 4.74 Å². The molecule has 3 nitrogen and oxygen atoms in total. The number of nitrogens with zero attached hydrogens (tertiary/aromatic N) is 1. The normalized spacial score (nSPS) is 12.2. The summed E-state index contributed by atoms with van der Waals surface area (Å²) < 4.78 is 5.84. The van der Waals surface area contributed by atoms with E-state index in [4.69, 9.17) is 10.5 Å². The van der Waals surface area contributed by atoms with E-state index in [0.29, 0.717) is 5.88 Å². The van der Waals surface area contributed by atoms with Gasteiger partial charge in [-0.1, -0.05) is 38.1 Å². The van der Waals surface area contributed by atoms with Gasteiger partial charge in [-0.15, -0.1) is 0 Å². The number of nitrogens with two attached hydrogens (primary N) is 1. The van der Waals surface area contributed by atoms with Crippen LogP contribution in [0.15, 0.2) is 42.6 Å². The zero-order chi connectivity index (χ0) is 14.4. The van der Waals surface area contributed by atoms with E-state index in [-0.39, 0.29) is 6.04 Å². The molecule has 0 spiro atoms. The van der Waals surface area contributed by atoms with Crippen molar-refractivity contribution >= 4 is 0 Å². The molecule has 1 atom stereocenters. The molecule has 0 aliphatic carbocycles. The molecule has 3 heteroatoms. The number of pyridine rings is 1. The van der Waals surface area contributed by atoms with Gasteiger partial charge in [-0.05, 0) is 36.5 Å². The first-order valence-corrected chi connectivity index (χ1v) is 7.19. The fourth-order valence-electron chi connectivity index (χ4n) is 2.05. The zero-order valence-corrected chi connectivity index (χ0v) is 12.2. The van der Waals surface area contributed by atoms with Gasteiger partial charge in [0, 0.05) is 18.3 Å². The molecular formula is C17H22N2O. The van der Waals surface area contributed by atoms with Crippen LogP contribution in [0.2, 0.25) is 0 Å². The number of ether oxygens (including phenoxy) is 1. The van der Waals surface area contributed by atoms with Crippen LogP contribution in [0.3, 0.4) is 0 Å². The van der Waals surface area contributed by atoms with E-state index < -0.39 is 0 Å². The number of hydrogen-bond acceptors (Lipinski definition) is 3. The summed E-state index contributed by atoms with van der Waals surface area (Å²) in [6.45, 7) is 4.21. The number of benzene rings is 1. The molecule has 2 rings (SSSR count). The van der Waals surface area contributed by atoms with Gasteiger partial charge in [-0.25, -0.2) is 4.98 Å². The fourth-order valence-corrected chi connectivity index (χ4v) is 2.05. The smallest absolute Gasteiger partial charge is 0.219 e. The summed E-state index contributed by atoms with van der Waals surface area (Å²) in [6, 6.07) is 12.2.